The van der Waals surface area contributed by atoms with Gasteiger partial charge in [0, 0.05) is 42.9 Å². The number of carbonyl (C=O) groups excluding carboxylic acids is 1. The first kappa shape index (κ1) is 22.1. The van der Waals surface area contributed by atoms with E-state index in [1.807, 2.05) is 58.2 Å². The van der Waals surface area contributed by atoms with Crippen LogP contribution >= 0.6 is 0 Å². The van der Waals surface area contributed by atoms with Crippen molar-refractivity contribution in [3.63, 3.8) is 0 Å². The second-order valence-electron chi connectivity index (χ2n) is 9.19. The average molecular weight is 454 g/mol. The van der Waals surface area contributed by atoms with Gasteiger partial charge in [0.25, 0.3) is 5.91 Å². The van der Waals surface area contributed by atoms with E-state index in [0.717, 1.165) is 61.3 Å². The lowest BCUT2D eigenvalue weighted by Crippen LogP contribution is -2.32. The second kappa shape index (κ2) is 10.1. The Balaban J connectivity index is 1.23. The van der Waals surface area contributed by atoms with Crippen molar-refractivity contribution >= 4 is 17.1 Å². The van der Waals surface area contributed by atoms with Crippen LogP contribution in [-0.2, 0) is 13.0 Å². The summed E-state index contributed by atoms with van der Waals surface area (Å²) in [6, 6.07) is 18.2. The van der Waals surface area contributed by atoms with E-state index >= 15 is 0 Å². The first-order valence-corrected chi connectivity index (χ1v) is 12.1. The molecule has 1 aromatic carbocycles. The summed E-state index contributed by atoms with van der Waals surface area (Å²) in [5.74, 6) is 0.701. The Morgan fingerprint density at radius 2 is 2.00 bits per heavy atom. The van der Waals surface area contributed by atoms with Crippen LogP contribution in [0.25, 0.3) is 5.52 Å². The normalized spacial score (nSPS) is 16.4. The van der Waals surface area contributed by atoms with Crippen LogP contribution in [-0.4, -0.2) is 38.5 Å². The molecule has 1 unspecified atom stereocenters. The van der Waals surface area contributed by atoms with E-state index in [0.29, 0.717) is 12.5 Å². The van der Waals surface area contributed by atoms with Crippen molar-refractivity contribution in [3.8, 4) is 0 Å². The smallest absolute Gasteiger partial charge is 0.253 e. The van der Waals surface area contributed by atoms with E-state index in [1.165, 1.54) is 11.1 Å². The number of aromatic nitrogens is 3. The number of hydrogen-bond acceptors (Lipinski definition) is 4. The molecule has 3 aromatic heterocycles. The lowest BCUT2D eigenvalue weighted by molar-refractivity contribution is 0.0760. The van der Waals surface area contributed by atoms with E-state index < -0.39 is 0 Å². The fourth-order valence-electron chi connectivity index (χ4n) is 4.89. The van der Waals surface area contributed by atoms with Gasteiger partial charge in [-0.15, -0.1) is 0 Å². The second-order valence-corrected chi connectivity index (χ2v) is 9.19. The molecule has 1 amide bonds. The molecule has 1 fully saturated rings. The van der Waals surface area contributed by atoms with E-state index in [-0.39, 0.29) is 5.91 Å². The standard InChI is InChI=1S/C28H31N5O/c1-21-9-10-24(19-26(21)30-20-25-8-2-3-13-29-25)28(34)32-15-4-6-22(12-17-32)18-23-7-5-16-33-27(23)11-14-31-33/h2-3,5,7-11,13-14,16,19,22,30H,4,6,12,15,17-18,20H2,1H3. The zero-order valence-corrected chi connectivity index (χ0v) is 19.7. The molecule has 5 rings (SSSR count). The van der Waals surface area contributed by atoms with Crippen LogP contribution in [0.2, 0.25) is 0 Å². The number of nitrogens with zero attached hydrogens (tertiary/aromatic N) is 4. The molecule has 34 heavy (non-hydrogen) atoms. The van der Waals surface area contributed by atoms with Crippen molar-refractivity contribution in [1.82, 2.24) is 19.5 Å². The van der Waals surface area contributed by atoms with Gasteiger partial charge in [0.1, 0.15) is 0 Å². The monoisotopic (exact) mass is 453 g/mol. The molecule has 1 aliphatic rings. The maximum absolute atomic E-state index is 13.4. The summed E-state index contributed by atoms with van der Waals surface area (Å²) in [6.07, 6.45) is 9.88. The Kier molecular flexibility index (Phi) is 6.56. The van der Waals surface area contributed by atoms with Gasteiger partial charge in [-0.05, 0) is 86.1 Å². The Bertz CT molecular complexity index is 1270. The van der Waals surface area contributed by atoms with Crippen LogP contribution in [0.3, 0.4) is 0 Å². The molecule has 1 atom stereocenters. The SMILES string of the molecule is Cc1ccc(C(=O)N2CCCC(Cc3cccn4nccc34)CC2)cc1NCc1ccccn1. The summed E-state index contributed by atoms with van der Waals surface area (Å²) < 4.78 is 1.94. The van der Waals surface area contributed by atoms with Crippen LogP contribution < -0.4 is 5.32 Å². The molecule has 0 spiro atoms. The summed E-state index contributed by atoms with van der Waals surface area (Å²) >= 11 is 0. The summed E-state index contributed by atoms with van der Waals surface area (Å²) in [5.41, 5.74) is 6.35. The van der Waals surface area contributed by atoms with Gasteiger partial charge in [-0.3, -0.25) is 9.78 Å². The minimum atomic E-state index is 0.124. The third-order valence-electron chi connectivity index (χ3n) is 6.84. The van der Waals surface area contributed by atoms with E-state index in [9.17, 15) is 4.79 Å². The van der Waals surface area contributed by atoms with Gasteiger partial charge >= 0.3 is 0 Å². The Hall–Kier alpha value is -3.67. The van der Waals surface area contributed by atoms with Crippen LogP contribution in [0.4, 0.5) is 5.69 Å². The zero-order chi connectivity index (χ0) is 23.3. The summed E-state index contributed by atoms with van der Waals surface area (Å²) in [4.78, 5) is 19.8. The minimum absolute atomic E-state index is 0.124. The highest BCUT2D eigenvalue weighted by atomic mass is 16.2. The van der Waals surface area contributed by atoms with Crippen molar-refractivity contribution in [1.29, 1.82) is 0 Å². The van der Waals surface area contributed by atoms with E-state index in [2.05, 4.69) is 40.5 Å². The largest absolute Gasteiger partial charge is 0.379 e. The van der Waals surface area contributed by atoms with Gasteiger partial charge in [-0.2, -0.15) is 5.10 Å². The molecule has 0 aliphatic carbocycles. The predicted octanol–water partition coefficient (Wildman–Crippen LogP) is 5.13. The number of amides is 1. The molecule has 1 N–H and O–H groups in total. The first-order chi connectivity index (χ1) is 16.7. The molecule has 0 bridgehead atoms. The number of fused-ring (bicyclic) bond motifs is 1. The average Bonchev–Trinajstić information content (AvgIpc) is 3.24. The number of benzene rings is 1. The molecular weight excluding hydrogens is 422 g/mol. The lowest BCUT2D eigenvalue weighted by atomic mass is 9.92. The molecular formula is C28H31N5O. The number of likely N-dealkylation sites (tertiary alicyclic amines) is 1. The number of hydrogen-bond donors (Lipinski definition) is 1. The predicted molar refractivity (Wildman–Crippen MR) is 135 cm³/mol. The van der Waals surface area contributed by atoms with Crippen molar-refractivity contribution in [2.45, 2.75) is 39.2 Å². The van der Waals surface area contributed by atoms with Crippen molar-refractivity contribution < 1.29 is 4.79 Å². The van der Waals surface area contributed by atoms with E-state index in [1.54, 1.807) is 6.20 Å². The Morgan fingerprint density at radius 3 is 2.88 bits per heavy atom. The van der Waals surface area contributed by atoms with Crippen LogP contribution in [0.15, 0.2) is 73.2 Å². The minimum Gasteiger partial charge on any atom is -0.379 e. The van der Waals surface area contributed by atoms with Crippen LogP contribution in [0.5, 0.6) is 0 Å². The van der Waals surface area contributed by atoms with Gasteiger partial charge in [-0.25, -0.2) is 4.52 Å². The third-order valence-corrected chi connectivity index (χ3v) is 6.84. The quantitative estimate of drug-likeness (QED) is 0.439. The molecule has 0 saturated carbocycles. The van der Waals surface area contributed by atoms with Gasteiger partial charge in [0.05, 0.1) is 17.8 Å². The van der Waals surface area contributed by atoms with Crippen molar-refractivity contribution in [3.05, 3.63) is 95.6 Å². The molecule has 6 heteroatoms. The third kappa shape index (κ3) is 4.96. The van der Waals surface area contributed by atoms with Crippen LogP contribution in [0.1, 0.15) is 46.4 Å². The number of aryl methyl sites for hydroxylation is 1. The first-order valence-electron chi connectivity index (χ1n) is 12.1. The molecule has 4 heterocycles. The van der Waals surface area contributed by atoms with E-state index in [4.69, 9.17) is 0 Å². The molecule has 0 radical (unpaired) electrons. The molecule has 6 nitrogen and oxygen atoms in total. The highest BCUT2D eigenvalue weighted by Gasteiger charge is 2.23. The van der Waals surface area contributed by atoms with Gasteiger partial charge in [0.2, 0.25) is 0 Å². The topological polar surface area (TPSA) is 62.5 Å². The maximum Gasteiger partial charge on any atom is 0.253 e. The Morgan fingerprint density at radius 1 is 1.06 bits per heavy atom. The highest BCUT2D eigenvalue weighted by molar-refractivity contribution is 5.95. The van der Waals surface area contributed by atoms with Crippen molar-refractivity contribution in [2.24, 2.45) is 5.92 Å². The maximum atomic E-state index is 13.4. The van der Waals surface area contributed by atoms with Gasteiger partial charge < -0.3 is 10.2 Å². The summed E-state index contributed by atoms with van der Waals surface area (Å²) in [6.45, 7) is 4.31. The zero-order valence-electron chi connectivity index (χ0n) is 19.7. The lowest BCUT2D eigenvalue weighted by Gasteiger charge is -2.22. The summed E-state index contributed by atoms with van der Waals surface area (Å²) in [7, 11) is 0. The number of carbonyl (C=O) groups is 1. The molecule has 4 aromatic rings. The molecule has 1 saturated heterocycles. The number of pyridine rings is 2. The Labute approximate surface area is 200 Å². The number of nitrogens with one attached hydrogen (secondary N) is 1. The number of anilines is 1. The van der Waals surface area contributed by atoms with Gasteiger partial charge in [-0.1, -0.05) is 18.2 Å². The highest BCUT2D eigenvalue weighted by Crippen LogP contribution is 2.26. The van der Waals surface area contributed by atoms with Crippen LogP contribution in [0, 0.1) is 12.8 Å². The molecule has 1 aliphatic heterocycles. The molecule has 174 valence electrons. The summed E-state index contributed by atoms with van der Waals surface area (Å²) in [5, 5.41) is 7.80. The fourth-order valence-corrected chi connectivity index (χ4v) is 4.89. The number of rotatable bonds is 6. The van der Waals surface area contributed by atoms with Gasteiger partial charge in [0.15, 0.2) is 0 Å². The fraction of sp³-hybridized carbons (Fsp3) is 0.321. The van der Waals surface area contributed by atoms with Crippen molar-refractivity contribution in [2.75, 3.05) is 18.4 Å².